The Balaban J connectivity index is 2.11. The van der Waals surface area contributed by atoms with Gasteiger partial charge in [0.15, 0.2) is 0 Å². The Hall–Kier alpha value is -0.900. The maximum absolute atomic E-state index is 9.88. The van der Waals surface area contributed by atoms with Gasteiger partial charge in [0.2, 0.25) is 0 Å². The van der Waals surface area contributed by atoms with Crippen LogP contribution < -0.4 is 5.32 Å². The van der Waals surface area contributed by atoms with Crippen molar-refractivity contribution in [3.63, 3.8) is 0 Å². The summed E-state index contributed by atoms with van der Waals surface area (Å²) in [6, 6.07) is 8.01. The van der Waals surface area contributed by atoms with E-state index in [-0.39, 0.29) is 18.2 Å². The number of rotatable bonds is 3. The second kappa shape index (κ2) is 4.31. The molecule has 82 valence electrons. The average Bonchev–Trinajstić information content (AvgIpc) is 2.50. The molecule has 0 aliphatic heterocycles. The highest BCUT2D eigenvalue weighted by Crippen LogP contribution is 2.30. The standard InChI is InChI=1S/C12H17NO2/c1-8(14)7-13-12-10-5-3-2-4-9(10)6-11(12)15/h2-5,8,11-15H,6-7H2,1H3/t8-,11+,12+/m1/s1. The van der Waals surface area contributed by atoms with Gasteiger partial charge in [0, 0.05) is 13.0 Å². The van der Waals surface area contributed by atoms with E-state index < -0.39 is 0 Å². The summed E-state index contributed by atoms with van der Waals surface area (Å²) in [4.78, 5) is 0. The maximum atomic E-state index is 9.88. The van der Waals surface area contributed by atoms with Crippen molar-refractivity contribution in [2.45, 2.75) is 31.6 Å². The van der Waals surface area contributed by atoms with Crippen molar-refractivity contribution in [2.24, 2.45) is 0 Å². The summed E-state index contributed by atoms with van der Waals surface area (Å²) in [5, 5.41) is 22.3. The lowest BCUT2D eigenvalue weighted by molar-refractivity contribution is 0.125. The fourth-order valence-corrected chi connectivity index (χ4v) is 2.12. The molecule has 1 aromatic carbocycles. The van der Waals surface area contributed by atoms with E-state index >= 15 is 0 Å². The third kappa shape index (κ3) is 2.20. The first-order valence-electron chi connectivity index (χ1n) is 5.36. The molecule has 0 amide bonds. The van der Waals surface area contributed by atoms with E-state index in [1.807, 2.05) is 24.3 Å². The predicted octanol–water partition coefficient (Wildman–Crippen LogP) is 0.615. The Morgan fingerprint density at radius 3 is 2.93 bits per heavy atom. The van der Waals surface area contributed by atoms with Crippen LogP contribution in [0.5, 0.6) is 0 Å². The normalized spacial score (nSPS) is 26.3. The zero-order valence-corrected chi connectivity index (χ0v) is 8.85. The molecule has 2 rings (SSSR count). The topological polar surface area (TPSA) is 52.5 Å². The Morgan fingerprint density at radius 2 is 2.20 bits per heavy atom. The smallest absolute Gasteiger partial charge is 0.0775 e. The fourth-order valence-electron chi connectivity index (χ4n) is 2.12. The highest BCUT2D eigenvalue weighted by Gasteiger charge is 2.30. The molecule has 0 saturated heterocycles. The zero-order valence-electron chi connectivity index (χ0n) is 8.85. The third-order valence-electron chi connectivity index (χ3n) is 2.84. The molecule has 0 radical (unpaired) electrons. The van der Waals surface area contributed by atoms with E-state index in [2.05, 4.69) is 5.32 Å². The van der Waals surface area contributed by atoms with Gasteiger partial charge in [-0.2, -0.15) is 0 Å². The van der Waals surface area contributed by atoms with Gasteiger partial charge >= 0.3 is 0 Å². The molecule has 0 unspecified atom stereocenters. The van der Waals surface area contributed by atoms with Crippen molar-refractivity contribution in [1.29, 1.82) is 0 Å². The lowest BCUT2D eigenvalue weighted by atomic mass is 10.1. The number of aliphatic hydroxyl groups excluding tert-OH is 2. The summed E-state index contributed by atoms with van der Waals surface area (Å²) in [5.74, 6) is 0. The molecule has 0 aromatic heterocycles. The van der Waals surface area contributed by atoms with Gasteiger partial charge in [-0.15, -0.1) is 0 Å². The molecule has 3 N–H and O–H groups in total. The van der Waals surface area contributed by atoms with Crippen LogP contribution in [0.4, 0.5) is 0 Å². The summed E-state index contributed by atoms with van der Waals surface area (Å²) in [6.45, 7) is 2.25. The molecular formula is C12H17NO2. The van der Waals surface area contributed by atoms with E-state index in [9.17, 15) is 10.2 Å². The van der Waals surface area contributed by atoms with Gasteiger partial charge in [-0.25, -0.2) is 0 Å². The van der Waals surface area contributed by atoms with Gasteiger partial charge < -0.3 is 15.5 Å². The van der Waals surface area contributed by atoms with Crippen LogP contribution in [0.25, 0.3) is 0 Å². The van der Waals surface area contributed by atoms with E-state index in [4.69, 9.17) is 0 Å². The molecule has 3 heteroatoms. The predicted molar refractivity (Wildman–Crippen MR) is 58.6 cm³/mol. The minimum atomic E-state index is -0.384. The largest absolute Gasteiger partial charge is 0.392 e. The lowest BCUT2D eigenvalue weighted by Crippen LogP contribution is -2.33. The summed E-state index contributed by atoms with van der Waals surface area (Å²) >= 11 is 0. The molecule has 0 bridgehead atoms. The van der Waals surface area contributed by atoms with Gasteiger partial charge in [-0.3, -0.25) is 0 Å². The first-order valence-corrected chi connectivity index (χ1v) is 5.36. The van der Waals surface area contributed by atoms with Crippen molar-refractivity contribution in [3.05, 3.63) is 35.4 Å². The molecule has 0 heterocycles. The Kier molecular flexibility index (Phi) is 3.05. The average molecular weight is 207 g/mol. The Morgan fingerprint density at radius 1 is 1.47 bits per heavy atom. The molecule has 0 spiro atoms. The molecule has 1 aliphatic rings. The summed E-state index contributed by atoms with van der Waals surface area (Å²) in [7, 11) is 0. The van der Waals surface area contributed by atoms with E-state index in [1.165, 1.54) is 5.56 Å². The van der Waals surface area contributed by atoms with Gasteiger partial charge in [0.05, 0.1) is 18.2 Å². The van der Waals surface area contributed by atoms with Gasteiger partial charge in [-0.05, 0) is 18.1 Å². The van der Waals surface area contributed by atoms with Crippen molar-refractivity contribution in [3.8, 4) is 0 Å². The molecule has 0 saturated carbocycles. The van der Waals surface area contributed by atoms with Gasteiger partial charge in [0.25, 0.3) is 0 Å². The summed E-state index contributed by atoms with van der Waals surface area (Å²) < 4.78 is 0. The van der Waals surface area contributed by atoms with Crippen LogP contribution in [0.2, 0.25) is 0 Å². The van der Waals surface area contributed by atoms with Crippen LogP contribution in [0.3, 0.4) is 0 Å². The Labute approximate surface area is 89.8 Å². The van der Waals surface area contributed by atoms with Crippen LogP contribution in [0.15, 0.2) is 24.3 Å². The molecule has 3 nitrogen and oxygen atoms in total. The second-order valence-corrected chi connectivity index (χ2v) is 4.21. The molecular weight excluding hydrogens is 190 g/mol. The van der Waals surface area contributed by atoms with Crippen LogP contribution in [0, 0.1) is 0 Å². The van der Waals surface area contributed by atoms with E-state index in [0.717, 1.165) is 5.56 Å². The van der Waals surface area contributed by atoms with Crippen molar-refractivity contribution in [2.75, 3.05) is 6.54 Å². The lowest BCUT2D eigenvalue weighted by Gasteiger charge is -2.18. The number of benzene rings is 1. The zero-order chi connectivity index (χ0) is 10.8. The van der Waals surface area contributed by atoms with Gasteiger partial charge in [-0.1, -0.05) is 24.3 Å². The van der Waals surface area contributed by atoms with Crippen molar-refractivity contribution in [1.82, 2.24) is 5.32 Å². The van der Waals surface area contributed by atoms with Crippen LogP contribution in [0.1, 0.15) is 24.1 Å². The number of hydrogen-bond donors (Lipinski definition) is 3. The SMILES string of the molecule is C[C@@H](O)CN[C@H]1c2ccccc2C[C@@H]1O. The minimum absolute atomic E-state index is 0.0317. The van der Waals surface area contributed by atoms with Crippen LogP contribution in [-0.2, 0) is 6.42 Å². The fraction of sp³-hybridized carbons (Fsp3) is 0.500. The van der Waals surface area contributed by atoms with Crippen LogP contribution >= 0.6 is 0 Å². The monoisotopic (exact) mass is 207 g/mol. The summed E-state index contributed by atoms with van der Waals surface area (Å²) in [6.07, 6.45) is -0.0562. The number of hydrogen-bond acceptors (Lipinski definition) is 3. The number of fused-ring (bicyclic) bond motifs is 1. The Bertz CT molecular complexity index is 338. The first-order chi connectivity index (χ1) is 7.18. The minimum Gasteiger partial charge on any atom is -0.392 e. The highest BCUT2D eigenvalue weighted by molar-refractivity contribution is 5.36. The molecule has 0 fully saturated rings. The number of aliphatic hydroxyl groups is 2. The number of nitrogens with one attached hydrogen (secondary N) is 1. The summed E-state index contributed by atoms with van der Waals surface area (Å²) in [5.41, 5.74) is 2.36. The van der Waals surface area contributed by atoms with Gasteiger partial charge in [0.1, 0.15) is 0 Å². The molecule has 1 aliphatic carbocycles. The molecule has 15 heavy (non-hydrogen) atoms. The molecule has 1 aromatic rings. The third-order valence-corrected chi connectivity index (χ3v) is 2.84. The maximum Gasteiger partial charge on any atom is 0.0775 e. The van der Waals surface area contributed by atoms with E-state index in [1.54, 1.807) is 6.92 Å². The molecule has 3 atom stereocenters. The van der Waals surface area contributed by atoms with E-state index in [0.29, 0.717) is 13.0 Å². The van der Waals surface area contributed by atoms with Crippen molar-refractivity contribution < 1.29 is 10.2 Å². The highest BCUT2D eigenvalue weighted by atomic mass is 16.3. The quantitative estimate of drug-likeness (QED) is 0.681. The second-order valence-electron chi connectivity index (χ2n) is 4.21. The van der Waals surface area contributed by atoms with Crippen molar-refractivity contribution >= 4 is 0 Å². The van der Waals surface area contributed by atoms with Crippen LogP contribution in [-0.4, -0.2) is 29.0 Å². The first kappa shape index (κ1) is 10.6.